The second-order valence-electron chi connectivity index (χ2n) is 10.9. The first-order valence-electron chi connectivity index (χ1n) is 15.0. The van der Waals surface area contributed by atoms with Gasteiger partial charge in [-0.1, -0.05) is 60.7 Å². The molecule has 0 radical (unpaired) electrons. The SMILES string of the molecule is O=Cc1ccc(NC(=O)c2cccc(CNC(=O)CCN3CCC(OC(=O)Nc4ccccc4-c4ccccc4)CC3)c2)cc1. The second kappa shape index (κ2) is 15.4. The number of nitrogens with one attached hydrogen (secondary N) is 3. The summed E-state index contributed by atoms with van der Waals surface area (Å²) in [4.78, 5) is 50.9. The van der Waals surface area contributed by atoms with Crippen LogP contribution >= 0.6 is 0 Å². The van der Waals surface area contributed by atoms with Gasteiger partial charge in [-0.05, 0) is 66.4 Å². The Labute approximate surface area is 262 Å². The molecule has 0 spiro atoms. The fourth-order valence-electron chi connectivity index (χ4n) is 5.22. The third-order valence-electron chi connectivity index (χ3n) is 7.70. The van der Waals surface area contributed by atoms with Crippen molar-refractivity contribution in [2.45, 2.75) is 31.9 Å². The van der Waals surface area contributed by atoms with Gasteiger partial charge in [-0.15, -0.1) is 0 Å². The van der Waals surface area contributed by atoms with Gasteiger partial charge in [-0.25, -0.2) is 4.79 Å². The standard InChI is InChI=1S/C36H36N4O5/c41-25-26-13-15-30(16-14-26)38-35(43)29-10-6-7-27(23-29)24-37-34(42)19-22-40-20-17-31(18-21-40)45-36(44)39-33-12-5-4-11-32(33)28-8-2-1-3-9-28/h1-16,23,25,31H,17-22,24H2,(H,37,42)(H,38,43)(H,39,44). The summed E-state index contributed by atoms with van der Waals surface area (Å²) in [6.07, 6.45) is 1.85. The molecular weight excluding hydrogens is 568 g/mol. The number of carbonyl (C=O) groups is 4. The Hall–Kier alpha value is -5.28. The van der Waals surface area contributed by atoms with Crippen LogP contribution in [0.5, 0.6) is 0 Å². The van der Waals surface area contributed by atoms with Gasteiger partial charge < -0.3 is 20.3 Å². The number of aldehydes is 1. The highest BCUT2D eigenvalue weighted by Gasteiger charge is 2.23. The zero-order chi connectivity index (χ0) is 31.4. The highest BCUT2D eigenvalue weighted by atomic mass is 16.6. The summed E-state index contributed by atoms with van der Waals surface area (Å²) < 4.78 is 5.72. The number of hydrogen-bond donors (Lipinski definition) is 3. The molecule has 5 rings (SSSR count). The van der Waals surface area contributed by atoms with Crippen molar-refractivity contribution in [3.05, 3.63) is 120 Å². The predicted molar refractivity (Wildman–Crippen MR) is 174 cm³/mol. The molecule has 4 aromatic rings. The fraction of sp³-hybridized carbons (Fsp3) is 0.222. The quantitative estimate of drug-likeness (QED) is 0.177. The number of hydrogen-bond acceptors (Lipinski definition) is 6. The molecule has 0 bridgehead atoms. The Balaban J connectivity index is 1.01. The highest BCUT2D eigenvalue weighted by molar-refractivity contribution is 6.04. The zero-order valence-electron chi connectivity index (χ0n) is 24.9. The van der Waals surface area contributed by atoms with Crippen LogP contribution in [0.2, 0.25) is 0 Å². The van der Waals surface area contributed by atoms with E-state index in [0.717, 1.165) is 36.1 Å². The minimum atomic E-state index is -0.467. The third-order valence-corrected chi connectivity index (χ3v) is 7.70. The van der Waals surface area contributed by atoms with Crippen molar-refractivity contribution in [1.82, 2.24) is 10.2 Å². The van der Waals surface area contributed by atoms with E-state index in [1.807, 2.05) is 60.7 Å². The van der Waals surface area contributed by atoms with Crippen LogP contribution in [-0.2, 0) is 16.1 Å². The maximum Gasteiger partial charge on any atom is 0.411 e. The minimum Gasteiger partial charge on any atom is -0.446 e. The Kier molecular flexibility index (Phi) is 10.7. The lowest BCUT2D eigenvalue weighted by atomic mass is 10.0. The summed E-state index contributed by atoms with van der Waals surface area (Å²) in [7, 11) is 0. The predicted octanol–water partition coefficient (Wildman–Crippen LogP) is 6.14. The van der Waals surface area contributed by atoms with E-state index >= 15 is 0 Å². The number of benzene rings is 4. The number of ether oxygens (including phenoxy) is 1. The number of anilines is 2. The first-order valence-corrected chi connectivity index (χ1v) is 15.0. The van der Waals surface area contributed by atoms with E-state index in [4.69, 9.17) is 4.74 Å². The van der Waals surface area contributed by atoms with Crippen LogP contribution in [0.15, 0.2) is 103 Å². The minimum absolute atomic E-state index is 0.0741. The van der Waals surface area contributed by atoms with Crippen LogP contribution in [0, 0.1) is 0 Å². The van der Waals surface area contributed by atoms with Crippen LogP contribution < -0.4 is 16.0 Å². The smallest absolute Gasteiger partial charge is 0.411 e. The Bertz CT molecular complexity index is 1620. The van der Waals surface area contributed by atoms with Gasteiger partial charge in [0, 0.05) is 55.0 Å². The molecular formula is C36H36N4O5. The molecule has 9 heteroatoms. The van der Waals surface area contributed by atoms with E-state index < -0.39 is 6.09 Å². The van der Waals surface area contributed by atoms with Crippen LogP contribution in [0.3, 0.4) is 0 Å². The van der Waals surface area contributed by atoms with Gasteiger partial charge in [0.05, 0.1) is 5.69 Å². The van der Waals surface area contributed by atoms with Crippen molar-refractivity contribution in [3.63, 3.8) is 0 Å². The number of piperidine rings is 1. The van der Waals surface area contributed by atoms with Crippen molar-refractivity contribution >= 4 is 35.6 Å². The molecule has 0 aliphatic carbocycles. The number of carbonyl (C=O) groups excluding carboxylic acids is 4. The first kappa shape index (κ1) is 31.2. The number of likely N-dealkylation sites (tertiary alicyclic amines) is 1. The molecule has 230 valence electrons. The van der Waals surface area contributed by atoms with Crippen LogP contribution in [0.1, 0.15) is 45.5 Å². The van der Waals surface area contributed by atoms with Gasteiger partial charge in [0.25, 0.3) is 5.91 Å². The summed E-state index contributed by atoms with van der Waals surface area (Å²) in [5, 5.41) is 8.64. The summed E-state index contributed by atoms with van der Waals surface area (Å²) in [5.41, 5.74) is 5.06. The van der Waals surface area contributed by atoms with Gasteiger partial charge in [-0.2, -0.15) is 0 Å². The monoisotopic (exact) mass is 604 g/mol. The van der Waals surface area contributed by atoms with Crippen molar-refractivity contribution in [1.29, 1.82) is 0 Å². The molecule has 45 heavy (non-hydrogen) atoms. The van der Waals surface area contributed by atoms with Gasteiger partial charge in [-0.3, -0.25) is 19.7 Å². The normalized spacial score (nSPS) is 13.4. The van der Waals surface area contributed by atoms with Crippen LogP contribution in [-0.4, -0.2) is 54.8 Å². The number of para-hydroxylation sites is 1. The van der Waals surface area contributed by atoms with E-state index in [0.29, 0.717) is 54.9 Å². The molecule has 3 N–H and O–H groups in total. The van der Waals surface area contributed by atoms with Crippen molar-refractivity contribution in [3.8, 4) is 11.1 Å². The maximum atomic E-state index is 12.7. The second-order valence-corrected chi connectivity index (χ2v) is 10.9. The van der Waals surface area contributed by atoms with Gasteiger partial charge in [0.2, 0.25) is 5.91 Å². The lowest BCUT2D eigenvalue weighted by molar-refractivity contribution is -0.121. The fourth-order valence-corrected chi connectivity index (χ4v) is 5.22. The Morgan fingerprint density at radius 3 is 2.31 bits per heavy atom. The third kappa shape index (κ3) is 9.11. The van der Waals surface area contributed by atoms with Gasteiger partial charge in [0.15, 0.2) is 0 Å². The van der Waals surface area contributed by atoms with E-state index in [-0.39, 0.29) is 17.9 Å². The highest BCUT2D eigenvalue weighted by Crippen LogP contribution is 2.28. The maximum absolute atomic E-state index is 12.7. The summed E-state index contributed by atoms with van der Waals surface area (Å²) in [5.74, 6) is -0.348. The largest absolute Gasteiger partial charge is 0.446 e. The molecule has 1 heterocycles. The first-order chi connectivity index (χ1) is 22.0. The molecule has 0 aromatic heterocycles. The molecule has 1 aliphatic rings. The van der Waals surface area contributed by atoms with Crippen LogP contribution in [0.25, 0.3) is 11.1 Å². The number of amides is 3. The molecule has 1 aliphatic heterocycles. The Morgan fingerprint density at radius 1 is 0.822 bits per heavy atom. The summed E-state index contributed by atoms with van der Waals surface area (Å²) in [6.45, 7) is 2.40. The topological polar surface area (TPSA) is 117 Å². The van der Waals surface area contributed by atoms with Crippen molar-refractivity contribution < 1.29 is 23.9 Å². The zero-order valence-corrected chi connectivity index (χ0v) is 24.9. The van der Waals surface area contributed by atoms with Gasteiger partial charge in [0.1, 0.15) is 12.4 Å². The molecule has 1 fully saturated rings. The molecule has 0 unspecified atom stereocenters. The molecule has 0 saturated carbocycles. The summed E-state index contributed by atoms with van der Waals surface area (Å²) in [6, 6.07) is 31.2. The van der Waals surface area contributed by atoms with E-state index in [1.165, 1.54) is 0 Å². The lowest BCUT2D eigenvalue weighted by Crippen LogP contribution is -2.40. The molecule has 4 aromatic carbocycles. The van der Waals surface area contributed by atoms with E-state index in [2.05, 4.69) is 20.9 Å². The van der Waals surface area contributed by atoms with Gasteiger partial charge >= 0.3 is 6.09 Å². The van der Waals surface area contributed by atoms with Crippen molar-refractivity contribution in [2.75, 3.05) is 30.3 Å². The van der Waals surface area contributed by atoms with E-state index in [9.17, 15) is 19.2 Å². The lowest BCUT2D eigenvalue weighted by Gasteiger charge is -2.31. The average Bonchev–Trinajstić information content (AvgIpc) is 3.08. The Morgan fingerprint density at radius 2 is 1.56 bits per heavy atom. The van der Waals surface area contributed by atoms with Crippen molar-refractivity contribution in [2.24, 2.45) is 0 Å². The molecule has 9 nitrogen and oxygen atoms in total. The summed E-state index contributed by atoms with van der Waals surface area (Å²) >= 11 is 0. The molecule has 0 atom stereocenters. The number of rotatable bonds is 11. The molecule has 1 saturated heterocycles. The van der Waals surface area contributed by atoms with Crippen LogP contribution in [0.4, 0.5) is 16.2 Å². The number of nitrogens with zero attached hydrogens (tertiary/aromatic N) is 1. The van der Waals surface area contributed by atoms with E-state index in [1.54, 1.807) is 42.5 Å². The average molecular weight is 605 g/mol. The molecule has 3 amide bonds.